The molecule has 0 fully saturated rings. The number of thiophene rings is 1. The molecule has 1 N–H and O–H groups in total. The molecule has 238 valence electrons. The summed E-state index contributed by atoms with van der Waals surface area (Å²) >= 11 is 1.30. The van der Waals surface area contributed by atoms with Gasteiger partial charge >= 0.3 is 12.1 Å². The number of sulfone groups is 1. The minimum absolute atomic E-state index is 0.150. The molecule has 1 aromatic carbocycles. The standard InChI is InChI=1S/C29H32F3N3O7S2/c1-5-42-27(37)25-18-10-8-16(2)13-22(18)43-26(25)35-24(36)7-6-12-44(38,39)28-33-19(15-23(34-28)29(30,31)32)17-9-11-20(40-3)21(14-17)41-4/h9,11,14-16H,5-8,10,12-13H2,1-4H3,(H,35,36)/t16-/m0/s1. The average Bonchev–Trinajstić information content (AvgIpc) is 3.32. The molecule has 1 aliphatic carbocycles. The molecular weight excluding hydrogens is 623 g/mol. The summed E-state index contributed by atoms with van der Waals surface area (Å²) in [5.74, 6) is -0.817. The van der Waals surface area contributed by atoms with Crippen LogP contribution in [0.3, 0.4) is 0 Å². The zero-order valence-corrected chi connectivity index (χ0v) is 26.2. The van der Waals surface area contributed by atoms with Crippen molar-refractivity contribution in [2.45, 2.75) is 57.3 Å². The maximum absolute atomic E-state index is 13.7. The number of methoxy groups -OCH3 is 2. The van der Waals surface area contributed by atoms with Crippen LogP contribution in [-0.2, 0) is 38.4 Å². The number of esters is 1. The second kappa shape index (κ2) is 13.5. The summed E-state index contributed by atoms with van der Waals surface area (Å²) in [7, 11) is -1.70. The molecule has 0 saturated heterocycles. The van der Waals surface area contributed by atoms with Crippen LogP contribution in [0, 0.1) is 5.92 Å². The SMILES string of the molecule is CCOC(=O)c1c(NC(=O)CCCS(=O)(=O)c2nc(-c3ccc(OC)c(OC)c3)cc(C(F)(F)F)n2)sc2c1CC[C@H](C)C2. The van der Waals surface area contributed by atoms with E-state index in [0.717, 1.165) is 23.3 Å². The van der Waals surface area contributed by atoms with Gasteiger partial charge < -0.3 is 19.5 Å². The van der Waals surface area contributed by atoms with Crippen molar-refractivity contribution in [2.24, 2.45) is 5.92 Å². The zero-order valence-electron chi connectivity index (χ0n) is 24.5. The number of nitrogens with one attached hydrogen (secondary N) is 1. The number of hydrogen-bond donors (Lipinski definition) is 1. The minimum atomic E-state index is -4.95. The molecule has 0 aliphatic heterocycles. The number of carbonyl (C=O) groups is 2. The Hall–Kier alpha value is -3.72. The summed E-state index contributed by atoms with van der Waals surface area (Å²) in [6.07, 6.45) is -3.11. The number of amides is 1. The number of benzene rings is 1. The quantitative estimate of drug-likeness (QED) is 0.203. The number of alkyl halides is 3. The third kappa shape index (κ3) is 7.49. The Labute approximate surface area is 256 Å². The van der Waals surface area contributed by atoms with Crippen molar-refractivity contribution in [3.8, 4) is 22.8 Å². The summed E-state index contributed by atoms with van der Waals surface area (Å²) < 4.78 is 82.9. The number of rotatable bonds is 11. The highest BCUT2D eigenvalue weighted by atomic mass is 32.2. The van der Waals surface area contributed by atoms with Crippen LogP contribution in [-0.4, -0.2) is 56.8 Å². The van der Waals surface area contributed by atoms with Crippen LogP contribution >= 0.6 is 11.3 Å². The molecule has 2 heterocycles. The molecule has 2 aromatic heterocycles. The summed E-state index contributed by atoms with van der Waals surface area (Å²) in [4.78, 5) is 33.8. The Balaban J connectivity index is 1.53. The van der Waals surface area contributed by atoms with Gasteiger partial charge in [0.2, 0.25) is 20.9 Å². The van der Waals surface area contributed by atoms with Gasteiger partial charge in [-0.1, -0.05) is 6.92 Å². The minimum Gasteiger partial charge on any atom is -0.493 e. The number of ether oxygens (including phenoxy) is 3. The van der Waals surface area contributed by atoms with E-state index in [1.54, 1.807) is 6.92 Å². The van der Waals surface area contributed by atoms with Crippen molar-refractivity contribution < 1.29 is 45.4 Å². The van der Waals surface area contributed by atoms with E-state index in [1.807, 2.05) is 0 Å². The molecule has 0 bridgehead atoms. The van der Waals surface area contributed by atoms with Gasteiger partial charge in [-0.05, 0) is 68.4 Å². The zero-order chi connectivity index (χ0) is 32.2. The Morgan fingerprint density at radius 1 is 1.11 bits per heavy atom. The normalized spacial score (nSPS) is 14.9. The van der Waals surface area contributed by atoms with Crippen LogP contribution in [0.5, 0.6) is 11.5 Å². The van der Waals surface area contributed by atoms with Crippen molar-refractivity contribution in [2.75, 3.05) is 31.9 Å². The van der Waals surface area contributed by atoms with Crippen LogP contribution in [0.4, 0.5) is 18.2 Å². The first kappa shape index (κ1) is 33.2. The van der Waals surface area contributed by atoms with Crippen molar-refractivity contribution >= 4 is 38.1 Å². The highest BCUT2D eigenvalue weighted by molar-refractivity contribution is 7.91. The van der Waals surface area contributed by atoms with Gasteiger partial charge in [-0.2, -0.15) is 13.2 Å². The van der Waals surface area contributed by atoms with Crippen molar-refractivity contribution in [3.63, 3.8) is 0 Å². The van der Waals surface area contributed by atoms with Crippen molar-refractivity contribution in [1.82, 2.24) is 9.97 Å². The van der Waals surface area contributed by atoms with Crippen LogP contribution < -0.4 is 14.8 Å². The van der Waals surface area contributed by atoms with E-state index >= 15 is 0 Å². The summed E-state index contributed by atoms with van der Waals surface area (Å²) in [6.45, 7) is 3.95. The number of aromatic nitrogens is 2. The fourth-order valence-electron chi connectivity index (χ4n) is 4.81. The molecule has 3 aromatic rings. The molecule has 0 saturated carbocycles. The molecule has 10 nitrogen and oxygen atoms in total. The highest BCUT2D eigenvalue weighted by Crippen LogP contribution is 2.40. The molecule has 0 unspecified atom stereocenters. The Bertz CT molecular complexity index is 1660. The maximum atomic E-state index is 13.7. The number of fused-ring (bicyclic) bond motifs is 1. The largest absolute Gasteiger partial charge is 0.493 e. The van der Waals surface area contributed by atoms with Crippen LogP contribution in [0.1, 0.15) is 59.6 Å². The van der Waals surface area contributed by atoms with Gasteiger partial charge in [-0.25, -0.2) is 23.2 Å². The first-order valence-electron chi connectivity index (χ1n) is 13.8. The lowest BCUT2D eigenvalue weighted by atomic mass is 9.88. The lowest BCUT2D eigenvalue weighted by Gasteiger charge is -2.18. The molecule has 4 rings (SSSR count). The number of carbonyl (C=O) groups excluding carboxylic acids is 2. The van der Waals surface area contributed by atoms with E-state index in [-0.39, 0.29) is 36.5 Å². The highest BCUT2D eigenvalue weighted by Gasteiger charge is 2.36. The first-order chi connectivity index (χ1) is 20.8. The van der Waals surface area contributed by atoms with Gasteiger partial charge in [-0.15, -0.1) is 11.3 Å². The van der Waals surface area contributed by atoms with Crippen LogP contribution in [0.15, 0.2) is 29.4 Å². The fourth-order valence-corrected chi connectivity index (χ4v) is 7.41. The summed E-state index contributed by atoms with van der Waals surface area (Å²) in [5.41, 5.74) is -0.392. The monoisotopic (exact) mass is 655 g/mol. The maximum Gasteiger partial charge on any atom is 0.433 e. The smallest absolute Gasteiger partial charge is 0.433 e. The van der Waals surface area contributed by atoms with Gasteiger partial charge in [0, 0.05) is 16.9 Å². The van der Waals surface area contributed by atoms with E-state index in [2.05, 4.69) is 22.2 Å². The Morgan fingerprint density at radius 3 is 2.50 bits per heavy atom. The average molecular weight is 656 g/mol. The van der Waals surface area contributed by atoms with Gasteiger partial charge in [0.1, 0.15) is 10.7 Å². The molecular formula is C29H32F3N3O7S2. The summed E-state index contributed by atoms with van der Waals surface area (Å²) in [6, 6.07) is 4.89. The second-order valence-electron chi connectivity index (χ2n) is 10.2. The number of anilines is 1. The lowest BCUT2D eigenvalue weighted by molar-refractivity contribution is -0.141. The van der Waals surface area contributed by atoms with E-state index in [1.165, 1.54) is 43.8 Å². The molecule has 15 heteroatoms. The molecule has 0 radical (unpaired) electrons. The third-order valence-electron chi connectivity index (χ3n) is 7.01. The van der Waals surface area contributed by atoms with Gasteiger partial charge in [0.15, 0.2) is 11.5 Å². The second-order valence-corrected chi connectivity index (χ2v) is 13.3. The topological polar surface area (TPSA) is 134 Å². The van der Waals surface area contributed by atoms with Gasteiger partial charge in [0.25, 0.3) is 0 Å². The van der Waals surface area contributed by atoms with E-state index in [0.29, 0.717) is 34.7 Å². The Morgan fingerprint density at radius 2 is 1.84 bits per heavy atom. The van der Waals surface area contributed by atoms with Crippen molar-refractivity contribution in [3.05, 3.63) is 46.0 Å². The summed E-state index contributed by atoms with van der Waals surface area (Å²) in [5, 5.41) is 2.04. The van der Waals surface area contributed by atoms with Crippen LogP contribution in [0.25, 0.3) is 11.3 Å². The first-order valence-corrected chi connectivity index (χ1v) is 16.3. The third-order valence-corrected chi connectivity index (χ3v) is 9.75. The van der Waals surface area contributed by atoms with Gasteiger partial charge in [-0.3, -0.25) is 4.79 Å². The van der Waals surface area contributed by atoms with Crippen LogP contribution in [0.2, 0.25) is 0 Å². The van der Waals surface area contributed by atoms with E-state index < -0.39 is 44.5 Å². The molecule has 1 atom stereocenters. The van der Waals surface area contributed by atoms with E-state index in [4.69, 9.17) is 14.2 Å². The molecule has 1 amide bonds. The number of hydrogen-bond acceptors (Lipinski definition) is 10. The number of nitrogens with zero attached hydrogens (tertiary/aromatic N) is 2. The molecule has 44 heavy (non-hydrogen) atoms. The predicted molar refractivity (Wildman–Crippen MR) is 157 cm³/mol. The Kier molecular flexibility index (Phi) is 10.2. The van der Waals surface area contributed by atoms with Crippen molar-refractivity contribution in [1.29, 1.82) is 0 Å². The lowest BCUT2D eigenvalue weighted by Crippen LogP contribution is -2.19. The van der Waals surface area contributed by atoms with E-state index in [9.17, 15) is 31.2 Å². The van der Waals surface area contributed by atoms with Gasteiger partial charge in [0.05, 0.1) is 37.8 Å². The molecule has 1 aliphatic rings. The molecule has 0 spiro atoms. The predicted octanol–water partition coefficient (Wildman–Crippen LogP) is 5.74. The number of halogens is 3. The fraction of sp³-hybridized carbons (Fsp3) is 0.448.